The van der Waals surface area contributed by atoms with Gasteiger partial charge in [-0.1, -0.05) is 28.9 Å². The van der Waals surface area contributed by atoms with Crippen LogP contribution in [0.4, 0.5) is 0 Å². The molecule has 0 radical (unpaired) electrons. The molecular formula is C10H10BrIO. The molecule has 13 heavy (non-hydrogen) atoms. The van der Waals surface area contributed by atoms with E-state index in [1.165, 1.54) is 9.13 Å². The largest absolute Gasteiger partial charge is 0.294 e. The molecule has 0 aliphatic heterocycles. The summed E-state index contributed by atoms with van der Waals surface area (Å²) in [7, 11) is 0. The van der Waals surface area contributed by atoms with Crippen LogP contribution < -0.4 is 0 Å². The molecule has 0 aromatic heterocycles. The molecule has 0 atom stereocenters. The van der Waals surface area contributed by atoms with Crippen LogP contribution in [0.1, 0.15) is 29.3 Å². The number of rotatable bonds is 3. The van der Waals surface area contributed by atoms with Gasteiger partial charge in [0.05, 0.1) is 0 Å². The Bertz CT molecular complexity index is 323. The molecule has 1 rings (SSSR count). The first-order valence-electron chi connectivity index (χ1n) is 4.06. The van der Waals surface area contributed by atoms with Crippen molar-refractivity contribution in [3.63, 3.8) is 0 Å². The second-order valence-corrected chi connectivity index (χ2v) is 4.44. The number of alkyl halides is 1. The molecule has 1 aromatic rings. The van der Waals surface area contributed by atoms with Crippen molar-refractivity contribution in [2.45, 2.75) is 18.7 Å². The summed E-state index contributed by atoms with van der Waals surface area (Å²) in [6.07, 6.45) is 0.572. The van der Waals surface area contributed by atoms with Gasteiger partial charge in [-0.25, -0.2) is 0 Å². The fourth-order valence-corrected chi connectivity index (χ4v) is 2.57. The molecule has 0 saturated heterocycles. The number of carbonyl (C=O) groups excluding carboxylic acids is 1. The van der Waals surface area contributed by atoms with Crippen molar-refractivity contribution in [1.29, 1.82) is 0 Å². The van der Waals surface area contributed by atoms with Gasteiger partial charge in [-0.3, -0.25) is 4.79 Å². The van der Waals surface area contributed by atoms with E-state index < -0.39 is 0 Å². The number of carbonyl (C=O) groups is 1. The van der Waals surface area contributed by atoms with Crippen LogP contribution in [-0.2, 0) is 5.33 Å². The average Bonchev–Trinajstić information content (AvgIpc) is 2.17. The van der Waals surface area contributed by atoms with Crippen LogP contribution >= 0.6 is 38.5 Å². The standard InChI is InChI=1S/C10H10BrIO/c1-2-10(13)7-3-4-9(12)8(5-7)6-11/h3-5H,2,6H2,1H3. The molecule has 0 aliphatic rings. The van der Waals surface area contributed by atoms with Crippen molar-refractivity contribution in [3.8, 4) is 0 Å². The van der Waals surface area contributed by atoms with Crippen molar-refractivity contribution in [1.82, 2.24) is 0 Å². The lowest BCUT2D eigenvalue weighted by Crippen LogP contribution is -1.98. The summed E-state index contributed by atoms with van der Waals surface area (Å²) in [5.74, 6) is 0.207. The van der Waals surface area contributed by atoms with Gasteiger partial charge in [0.25, 0.3) is 0 Å². The molecule has 0 saturated carbocycles. The topological polar surface area (TPSA) is 17.1 Å². The third-order valence-corrected chi connectivity index (χ3v) is 3.49. The minimum atomic E-state index is 0.207. The molecule has 0 fully saturated rings. The maximum atomic E-state index is 11.4. The van der Waals surface area contributed by atoms with Gasteiger partial charge < -0.3 is 0 Å². The molecule has 0 aliphatic carbocycles. The molecule has 70 valence electrons. The fraction of sp³-hybridized carbons (Fsp3) is 0.300. The Hall–Kier alpha value is 0.1000. The van der Waals surface area contributed by atoms with E-state index in [1.807, 2.05) is 25.1 Å². The summed E-state index contributed by atoms with van der Waals surface area (Å²) in [5, 5.41) is 0.802. The molecule has 3 heteroatoms. The van der Waals surface area contributed by atoms with E-state index in [0.29, 0.717) is 6.42 Å². The third-order valence-electron chi connectivity index (χ3n) is 1.83. The van der Waals surface area contributed by atoms with E-state index in [0.717, 1.165) is 10.9 Å². The molecule has 0 heterocycles. The zero-order chi connectivity index (χ0) is 9.84. The normalized spacial score (nSPS) is 10.1. The number of halogens is 2. The lowest BCUT2D eigenvalue weighted by molar-refractivity contribution is 0.0988. The molecule has 1 nitrogen and oxygen atoms in total. The van der Waals surface area contributed by atoms with E-state index >= 15 is 0 Å². The Kier molecular flexibility index (Phi) is 4.38. The van der Waals surface area contributed by atoms with Gasteiger partial charge >= 0.3 is 0 Å². The van der Waals surface area contributed by atoms with Gasteiger partial charge in [-0.05, 0) is 40.3 Å². The summed E-state index contributed by atoms with van der Waals surface area (Å²) in [6.45, 7) is 1.88. The SMILES string of the molecule is CCC(=O)c1ccc(I)c(CBr)c1. The summed E-state index contributed by atoms with van der Waals surface area (Å²) >= 11 is 5.67. The molecule has 0 spiro atoms. The zero-order valence-electron chi connectivity index (χ0n) is 7.31. The third kappa shape index (κ3) is 2.77. The smallest absolute Gasteiger partial charge is 0.162 e. The van der Waals surface area contributed by atoms with Gasteiger partial charge in [0, 0.05) is 20.9 Å². The van der Waals surface area contributed by atoms with Crippen LogP contribution in [0.3, 0.4) is 0 Å². The number of Topliss-reactive ketones (excluding diaryl/α,β-unsaturated/α-hetero) is 1. The van der Waals surface area contributed by atoms with Crippen molar-refractivity contribution in [3.05, 3.63) is 32.9 Å². The van der Waals surface area contributed by atoms with E-state index in [1.54, 1.807) is 0 Å². The number of ketones is 1. The van der Waals surface area contributed by atoms with Crippen molar-refractivity contribution in [2.75, 3.05) is 0 Å². The highest BCUT2D eigenvalue weighted by Gasteiger charge is 2.05. The monoisotopic (exact) mass is 352 g/mol. The zero-order valence-corrected chi connectivity index (χ0v) is 11.1. The Morgan fingerprint density at radius 2 is 2.23 bits per heavy atom. The van der Waals surface area contributed by atoms with Crippen LogP contribution in [0.25, 0.3) is 0 Å². The second kappa shape index (κ2) is 5.10. The predicted octanol–water partition coefficient (Wildman–Crippen LogP) is 3.78. The van der Waals surface area contributed by atoms with Crippen LogP contribution in [0.5, 0.6) is 0 Å². The van der Waals surface area contributed by atoms with Gasteiger partial charge in [0.2, 0.25) is 0 Å². The van der Waals surface area contributed by atoms with Gasteiger partial charge in [0.1, 0.15) is 0 Å². The van der Waals surface area contributed by atoms with E-state index in [4.69, 9.17) is 0 Å². The number of benzene rings is 1. The van der Waals surface area contributed by atoms with Crippen molar-refractivity contribution < 1.29 is 4.79 Å². The summed E-state index contributed by atoms with van der Waals surface area (Å²) in [5.41, 5.74) is 2.00. The first kappa shape index (κ1) is 11.2. The maximum absolute atomic E-state index is 11.4. The van der Waals surface area contributed by atoms with E-state index in [-0.39, 0.29) is 5.78 Å². The Balaban J connectivity index is 3.06. The number of hydrogen-bond acceptors (Lipinski definition) is 1. The van der Waals surface area contributed by atoms with Gasteiger partial charge in [-0.15, -0.1) is 0 Å². The lowest BCUT2D eigenvalue weighted by Gasteiger charge is -2.03. The minimum absolute atomic E-state index is 0.207. The Morgan fingerprint density at radius 3 is 2.77 bits per heavy atom. The first-order valence-corrected chi connectivity index (χ1v) is 6.26. The highest BCUT2D eigenvalue weighted by molar-refractivity contribution is 14.1. The molecule has 0 bridgehead atoms. The van der Waals surface area contributed by atoms with Crippen LogP contribution in [-0.4, -0.2) is 5.78 Å². The fourth-order valence-electron chi connectivity index (χ4n) is 1.05. The van der Waals surface area contributed by atoms with Crippen molar-refractivity contribution >= 4 is 44.3 Å². The highest BCUT2D eigenvalue weighted by Crippen LogP contribution is 2.18. The second-order valence-electron chi connectivity index (χ2n) is 2.72. The minimum Gasteiger partial charge on any atom is -0.294 e. The van der Waals surface area contributed by atoms with Crippen LogP contribution in [0, 0.1) is 3.57 Å². The quantitative estimate of drug-likeness (QED) is 0.459. The lowest BCUT2D eigenvalue weighted by atomic mass is 10.1. The molecule has 1 aromatic carbocycles. The van der Waals surface area contributed by atoms with Crippen LogP contribution in [0.2, 0.25) is 0 Å². The van der Waals surface area contributed by atoms with Crippen LogP contribution in [0.15, 0.2) is 18.2 Å². The van der Waals surface area contributed by atoms with E-state index in [9.17, 15) is 4.79 Å². The van der Waals surface area contributed by atoms with Gasteiger partial charge in [-0.2, -0.15) is 0 Å². The predicted molar refractivity (Wildman–Crippen MR) is 66.4 cm³/mol. The highest BCUT2D eigenvalue weighted by atomic mass is 127. The Morgan fingerprint density at radius 1 is 1.54 bits per heavy atom. The maximum Gasteiger partial charge on any atom is 0.162 e. The average molecular weight is 353 g/mol. The molecular weight excluding hydrogens is 343 g/mol. The Labute approximate surface area is 100 Å². The summed E-state index contributed by atoms with van der Waals surface area (Å²) in [6, 6.07) is 5.84. The first-order chi connectivity index (χ1) is 6.19. The van der Waals surface area contributed by atoms with E-state index in [2.05, 4.69) is 38.5 Å². The summed E-state index contributed by atoms with van der Waals surface area (Å²) in [4.78, 5) is 11.4. The molecule has 0 amide bonds. The summed E-state index contributed by atoms with van der Waals surface area (Å²) < 4.78 is 1.20. The van der Waals surface area contributed by atoms with Crippen molar-refractivity contribution in [2.24, 2.45) is 0 Å². The molecule has 0 N–H and O–H groups in total. The number of hydrogen-bond donors (Lipinski definition) is 0. The molecule has 0 unspecified atom stereocenters. The van der Waals surface area contributed by atoms with Gasteiger partial charge in [0.15, 0.2) is 5.78 Å².